The summed E-state index contributed by atoms with van der Waals surface area (Å²) in [5, 5.41) is 12.4. The Morgan fingerprint density at radius 3 is 2.65 bits per heavy atom. The second-order valence-corrected chi connectivity index (χ2v) is 6.13. The molecular formula is C17H22N2O4. The zero-order valence-electron chi connectivity index (χ0n) is 13.0. The van der Waals surface area contributed by atoms with Crippen LogP contribution in [0.25, 0.3) is 0 Å². The Bertz CT molecular complexity index is 576. The molecule has 2 N–H and O–H groups in total. The number of benzene rings is 1. The number of phenols is 1. The fourth-order valence-corrected chi connectivity index (χ4v) is 3.14. The first-order chi connectivity index (χ1) is 11.1. The number of ether oxygens (including phenoxy) is 1. The van der Waals surface area contributed by atoms with Gasteiger partial charge in [0.1, 0.15) is 11.9 Å². The second kappa shape index (κ2) is 7.00. The molecule has 0 saturated carbocycles. The van der Waals surface area contributed by atoms with Crippen molar-refractivity contribution in [1.82, 2.24) is 10.2 Å². The molecule has 2 fully saturated rings. The van der Waals surface area contributed by atoms with Crippen molar-refractivity contribution in [2.24, 2.45) is 0 Å². The number of hydrogen-bond donors (Lipinski definition) is 2. The number of aromatic hydroxyl groups is 1. The van der Waals surface area contributed by atoms with Gasteiger partial charge in [-0.3, -0.25) is 9.59 Å². The molecule has 6 nitrogen and oxygen atoms in total. The number of amides is 2. The van der Waals surface area contributed by atoms with E-state index in [1.165, 1.54) is 12.1 Å². The van der Waals surface area contributed by atoms with Crippen LogP contribution in [0.1, 0.15) is 36.0 Å². The third-order valence-corrected chi connectivity index (χ3v) is 4.46. The zero-order valence-corrected chi connectivity index (χ0v) is 13.0. The van der Waals surface area contributed by atoms with Gasteiger partial charge in [-0.05, 0) is 43.9 Å². The normalized spacial score (nSPS) is 22.1. The molecule has 3 rings (SSSR count). The van der Waals surface area contributed by atoms with Crippen LogP contribution in [0, 0.1) is 0 Å². The van der Waals surface area contributed by atoms with E-state index in [4.69, 9.17) is 4.74 Å². The first-order valence-corrected chi connectivity index (χ1v) is 8.14. The van der Waals surface area contributed by atoms with E-state index >= 15 is 0 Å². The van der Waals surface area contributed by atoms with Gasteiger partial charge >= 0.3 is 0 Å². The van der Waals surface area contributed by atoms with Gasteiger partial charge in [0.2, 0.25) is 0 Å². The molecule has 0 bridgehead atoms. The van der Waals surface area contributed by atoms with Crippen LogP contribution in [0.3, 0.4) is 0 Å². The predicted octanol–water partition coefficient (Wildman–Crippen LogP) is 1.29. The summed E-state index contributed by atoms with van der Waals surface area (Å²) in [6.45, 7) is 1.96. The highest BCUT2D eigenvalue weighted by Crippen LogP contribution is 2.19. The number of nitrogens with one attached hydrogen (secondary N) is 1. The molecule has 6 heteroatoms. The Kier molecular flexibility index (Phi) is 4.81. The summed E-state index contributed by atoms with van der Waals surface area (Å²) in [4.78, 5) is 26.3. The minimum absolute atomic E-state index is 0.0541. The minimum atomic E-state index is -0.270. The van der Waals surface area contributed by atoms with Crippen molar-refractivity contribution >= 4 is 11.8 Å². The first-order valence-electron chi connectivity index (χ1n) is 8.14. The van der Waals surface area contributed by atoms with Crippen LogP contribution in [-0.4, -0.2) is 53.7 Å². The number of phenolic OH excluding ortho intramolecular Hbond substituents is 1. The summed E-state index contributed by atoms with van der Waals surface area (Å²) in [7, 11) is 0. The van der Waals surface area contributed by atoms with Crippen LogP contribution in [0.5, 0.6) is 5.75 Å². The minimum Gasteiger partial charge on any atom is -0.508 e. The molecule has 1 aromatic rings. The van der Waals surface area contributed by atoms with Crippen molar-refractivity contribution in [3.05, 3.63) is 29.8 Å². The van der Waals surface area contributed by atoms with Crippen molar-refractivity contribution in [1.29, 1.82) is 0 Å². The van der Waals surface area contributed by atoms with E-state index in [0.29, 0.717) is 25.3 Å². The zero-order chi connectivity index (χ0) is 16.2. The molecule has 1 atom stereocenters. The summed E-state index contributed by atoms with van der Waals surface area (Å²) in [6.07, 6.45) is 2.97. The molecule has 2 aliphatic rings. The smallest absolute Gasteiger partial charge is 0.251 e. The van der Waals surface area contributed by atoms with Crippen LogP contribution in [0.15, 0.2) is 24.3 Å². The summed E-state index contributed by atoms with van der Waals surface area (Å²) in [6, 6.07) is 6.36. The topological polar surface area (TPSA) is 78.9 Å². The summed E-state index contributed by atoms with van der Waals surface area (Å²) < 4.78 is 5.44. The number of carbonyl (C=O) groups is 2. The Morgan fingerprint density at radius 2 is 2.00 bits per heavy atom. The number of rotatable bonds is 3. The van der Waals surface area contributed by atoms with Crippen LogP contribution in [0.4, 0.5) is 0 Å². The first kappa shape index (κ1) is 15.8. The number of likely N-dealkylation sites (tertiary alicyclic amines) is 1. The molecule has 0 aromatic heterocycles. The Balaban J connectivity index is 1.49. The molecule has 124 valence electrons. The maximum absolute atomic E-state index is 12.3. The van der Waals surface area contributed by atoms with Gasteiger partial charge in [-0.1, -0.05) is 6.07 Å². The lowest BCUT2D eigenvalue weighted by atomic mass is 10.0. The van der Waals surface area contributed by atoms with Gasteiger partial charge in [0.15, 0.2) is 0 Å². The highest BCUT2D eigenvalue weighted by Gasteiger charge is 2.31. The molecule has 23 heavy (non-hydrogen) atoms. The van der Waals surface area contributed by atoms with Crippen LogP contribution in [0.2, 0.25) is 0 Å². The van der Waals surface area contributed by atoms with E-state index in [-0.39, 0.29) is 29.7 Å². The lowest BCUT2D eigenvalue weighted by molar-refractivity contribution is -0.142. The third-order valence-electron chi connectivity index (χ3n) is 4.46. The predicted molar refractivity (Wildman–Crippen MR) is 84.1 cm³/mol. The van der Waals surface area contributed by atoms with E-state index in [1.807, 2.05) is 4.90 Å². The standard InChI is InChI=1S/C17H22N2O4/c20-14-4-1-3-12(11-14)16(21)18-13-6-8-19(9-7-13)17(22)15-5-2-10-23-15/h1,3-4,11,13,15,20H,2,5-10H2,(H,18,21). The van der Waals surface area contributed by atoms with E-state index in [9.17, 15) is 14.7 Å². The van der Waals surface area contributed by atoms with Gasteiger partial charge in [0.05, 0.1) is 0 Å². The highest BCUT2D eigenvalue weighted by molar-refractivity contribution is 5.94. The van der Waals surface area contributed by atoms with E-state index < -0.39 is 0 Å². The average molecular weight is 318 g/mol. The molecule has 2 amide bonds. The van der Waals surface area contributed by atoms with E-state index in [0.717, 1.165) is 25.7 Å². The van der Waals surface area contributed by atoms with Crippen LogP contribution in [-0.2, 0) is 9.53 Å². The lowest BCUT2D eigenvalue weighted by Gasteiger charge is -2.33. The highest BCUT2D eigenvalue weighted by atomic mass is 16.5. The Hall–Kier alpha value is -2.08. The van der Waals surface area contributed by atoms with Gasteiger partial charge in [-0.15, -0.1) is 0 Å². The summed E-state index contributed by atoms with van der Waals surface area (Å²) in [5.41, 5.74) is 0.447. The Morgan fingerprint density at radius 1 is 1.22 bits per heavy atom. The fraction of sp³-hybridized carbons (Fsp3) is 0.529. The molecule has 0 radical (unpaired) electrons. The molecule has 2 aliphatic heterocycles. The maximum atomic E-state index is 12.3. The lowest BCUT2D eigenvalue weighted by Crippen LogP contribution is -2.49. The molecule has 0 aliphatic carbocycles. The second-order valence-electron chi connectivity index (χ2n) is 6.13. The van der Waals surface area contributed by atoms with Gasteiger partial charge in [-0.2, -0.15) is 0 Å². The molecule has 1 unspecified atom stereocenters. The number of piperidine rings is 1. The van der Waals surface area contributed by atoms with Crippen LogP contribution >= 0.6 is 0 Å². The maximum Gasteiger partial charge on any atom is 0.251 e. The van der Waals surface area contributed by atoms with Crippen molar-refractivity contribution < 1.29 is 19.4 Å². The van der Waals surface area contributed by atoms with Gasteiger partial charge in [0.25, 0.3) is 11.8 Å². The largest absolute Gasteiger partial charge is 0.508 e. The van der Waals surface area contributed by atoms with Gasteiger partial charge < -0.3 is 20.1 Å². The van der Waals surface area contributed by atoms with Crippen LogP contribution < -0.4 is 5.32 Å². The third kappa shape index (κ3) is 3.82. The monoisotopic (exact) mass is 318 g/mol. The van der Waals surface area contributed by atoms with Crippen molar-refractivity contribution in [2.75, 3.05) is 19.7 Å². The molecule has 0 spiro atoms. The Labute approximate surface area is 135 Å². The summed E-state index contributed by atoms with van der Waals surface area (Å²) >= 11 is 0. The molecule has 2 heterocycles. The molecule has 2 saturated heterocycles. The van der Waals surface area contributed by atoms with Crippen molar-refractivity contribution in [2.45, 2.75) is 37.8 Å². The number of hydrogen-bond acceptors (Lipinski definition) is 4. The van der Waals surface area contributed by atoms with Gasteiger partial charge in [0, 0.05) is 31.3 Å². The average Bonchev–Trinajstić information content (AvgIpc) is 3.09. The number of carbonyl (C=O) groups excluding carboxylic acids is 2. The SMILES string of the molecule is O=C(NC1CCN(C(=O)C2CCCO2)CC1)c1cccc(O)c1. The van der Waals surface area contributed by atoms with Crippen molar-refractivity contribution in [3.63, 3.8) is 0 Å². The molecule has 1 aromatic carbocycles. The number of nitrogens with zero attached hydrogens (tertiary/aromatic N) is 1. The fourth-order valence-electron chi connectivity index (χ4n) is 3.14. The van der Waals surface area contributed by atoms with E-state index in [2.05, 4.69) is 5.32 Å². The molecular weight excluding hydrogens is 296 g/mol. The van der Waals surface area contributed by atoms with Crippen molar-refractivity contribution in [3.8, 4) is 5.75 Å². The van der Waals surface area contributed by atoms with Gasteiger partial charge in [-0.25, -0.2) is 0 Å². The quantitative estimate of drug-likeness (QED) is 0.880. The van der Waals surface area contributed by atoms with E-state index in [1.54, 1.807) is 12.1 Å². The summed E-state index contributed by atoms with van der Waals surface area (Å²) in [5.74, 6) is -0.0281.